The molecule has 6 heteroatoms. The van der Waals surface area contributed by atoms with Crippen molar-refractivity contribution >= 4 is 17.8 Å². The van der Waals surface area contributed by atoms with Gasteiger partial charge in [0.1, 0.15) is 0 Å². The van der Waals surface area contributed by atoms with Crippen LogP contribution in [0.15, 0.2) is 0 Å². The largest absolute Gasteiger partial charge is 0.481 e. The predicted octanol–water partition coefficient (Wildman–Crippen LogP) is -0.166. The summed E-state index contributed by atoms with van der Waals surface area (Å²) >= 11 is 0. The Kier molecular flexibility index (Phi) is 4.48. The molecule has 6 nitrogen and oxygen atoms in total. The van der Waals surface area contributed by atoms with E-state index in [1.54, 1.807) is 18.9 Å². The molecule has 1 heterocycles. The number of carboxylic acids is 1. The third-order valence-electron chi connectivity index (χ3n) is 2.90. The number of aliphatic carboxylic acids is 1. The fraction of sp³-hybridized carbons (Fsp3) is 0.727. The summed E-state index contributed by atoms with van der Waals surface area (Å²) in [6.07, 6.45) is 0.738. The van der Waals surface area contributed by atoms with Gasteiger partial charge in [0, 0.05) is 32.0 Å². The molecule has 1 aliphatic heterocycles. The van der Waals surface area contributed by atoms with Gasteiger partial charge in [-0.2, -0.15) is 0 Å². The van der Waals surface area contributed by atoms with Crippen LogP contribution in [-0.2, 0) is 14.4 Å². The van der Waals surface area contributed by atoms with Crippen LogP contribution in [0.5, 0.6) is 0 Å². The molecule has 0 aliphatic carbocycles. The van der Waals surface area contributed by atoms with Crippen LogP contribution in [0.1, 0.15) is 26.2 Å². The summed E-state index contributed by atoms with van der Waals surface area (Å²) in [7, 11) is 1.71. The lowest BCUT2D eigenvalue weighted by molar-refractivity contribution is -0.140. The first-order valence-corrected chi connectivity index (χ1v) is 5.66. The number of carbonyl (C=O) groups is 3. The molecule has 1 saturated heterocycles. The summed E-state index contributed by atoms with van der Waals surface area (Å²) < 4.78 is 0. The molecule has 0 spiro atoms. The van der Waals surface area contributed by atoms with Crippen LogP contribution < -0.4 is 5.32 Å². The van der Waals surface area contributed by atoms with E-state index < -0.39 is 12.0 Å². The quantitative estimate of drug-likeness (QED) is 0.717. The molecule has 96 valence electrons. The summed E-state index contributed by atoms with van der Waals surface area (Å²) in [6, 6.07) is -0.408. The van der Waals surface area contributed by atoms with Gasteiger partial charge >= 0.3 is 5.97 Å². The highest BCUT2D eigenvalue weighted by Crippen LogP contribution is 2.17. The highest BCUT2D eigenvalue weighted by atomic mass is 16.4. The molecule has 2 N–H and O–H groups in total. The normalized spacial score (nSPS) is 22.1. The molecule has 0 aromatic rings. The van der Waals surface area contributed by atoms with Crippen LogP contribution in [0.3, 0.4) is 0 Å². The average Bonchev–Trinajstić information content (AvgIpc) is 2.20. The van der Waals surface area contributed by atoms with E-state index in [2.05, 4.69) is 5.32 Å². The molecule has 0 aromatic heterocycles. The maximum absolute atomic E-state index is 11.8. The van der Waals surface area contributed by atoms with E-state index in [1.807, 2.05) is 0 Å². The number of carboxylic acid groups (broad SMARTS) is 1. The highest BCUT2D eigenvalue weighted by Gasteiger charge is 2.29. The third kappa shape index (κ3) is 4.05. The second-order valence-electron chi connectivity index (χ2n) is 4.51. The molecule has 1 aliphatic rings. The number of nitrogens with zero attached hydrogens (tertiary/aromatic N) is 1. The minimum Gasteiger partial charge on any atom is -0.481 e. The van der Waals surface area contributed by atoms with E-state index in [9.17, 15) is 14.4 Å². The number of amides is 2. The fourth-order valence-electron chi connectivity index (χ4n) is 1.84. The Balaban J connectivity index is 2.43. The molecular weight excluding hydrogens is 224 g/mol. The van der Waals surface area contributed by atoms with Gasteiger partial charge < -0.3 is 15.3 Å². The highest BCUT2D eigenvalue weighted by molar-refractivity contribution is 5.87. The van der Waals surface area contributed by atoms with Crippen LogP contribution >= 0.6 is 0 Å². The lowest BCUT2D eigenvalue weighted by Gasteiger charge is -2.28. The maximum Gasteiger partial charge on any atom is 0.305 e. The Bertz CT molecular complexity index is 329. The fourth-order valence-corrected chi connectivity index (χ4v) is 1.84. The van der Waals surface area contributed by atoms with E-state index in [4.69, 9.17) is 5.11 Å². The van der Waals surface area contributed by atoms with Crippen molar-refractivity contribution in [3.63, 3.8) is 0 Å². The van der Waals surface area contributed by atoms with Crippen molar-refractivity contribution in [1.82, 2.24) is 10.2 Å². The Morgan fingerprint density at radius 2 is 2.24 bits per heavy atom. The molecule has 0 aromatic carbocycles. The Morgan fingerprint density at radius 3 is 2.76 bits per heavy atom. The van der Waals surface area contributed by atoms with Crippen molar-refractivity contribution in [1.29, 1.82) is 0 Å². The average molecular weight is 242 g/mol. The molecule has 0 saturated carbocycles. The zero-order valence-corrected chi connectivity index (χ0v) is 10.1. The molecule has 1 rings (SSSR count). The van der Waals surface area contributed by atoms with Crippen molar-refractivity contribution in [2.24, 2.45) is 5.92 Å². The second-order valence-corrected chi connectivity index (χ2v) is 4.51. The molecule has 2 atom stereocenters. The Morgan fingerprint density at radius 1 is 1.59 bits per heavy atom. The topological polar surface area (TPSA) is 86.7 Å². The van der Waals surface area contributed by atoms with Crippen LogP contribution in [0.25, 0.3) is 0 Å². The Hall–Kier alpha value is -1.59. The van der Waals surface area contributed by atoms with Gasteiger partial charge in [-0.1, -0.05) is 0 Å². The zero-order chi connectivity index (χ0) is 13.0. The lowest BCUT2D eigenvalue weighted by atomic mass is 9.95. The van der Waals surface area contributed by atoms with Crippen molar-refractivity contribution in [2.45, 2.75) is 32.2 Å². The van der Waals surface area contributed by atoms with Gasteiger partial charge in [0.2, 0.25) is 11.8 Å². The number of hydrogen-bond acceptors (Lipinski definition) is 3. The molecule has 0 bridgehead atoms. The van der Waals surface area contributed by atoms with E-state index in [1.165, 1.54) is 0 Å². The number of rotatable bonds is 4. The Labute approximate surface area is 100.0 Å². The smallest absolute Gasteiger partial charge is 0.305 e. The van der Waals surface area contributed by atoms with E-state index in [0.29, 0.717) is 13.0 Å². The van der Waals surface area contributed by atoms with Crippen molar-refractivity contribution in [3.8, 4) is 0 Å². The van der Waals surface area contributed by atoms with E-state index in [-0.39, 0.29) is 30.6 Å². The summed E-state index contributed by atoms with van der Waals surface area (Å²) in [5.41, 5.74) is 0. The predicted molar refractivity (Wildman–Crippen MR) is 60.2 cm³/mol. The molecular formula is C11H18N2O4. The van der Waals surface area contributed by atoms with Gasteiger partial charge in [-0.05, 0) is 13.3 Å². The first-order valence-electron chi connectivity index (χ1n) is 5.66. The second kappa shape index (κ2) is 5.65. The van der Waals surface area contributed by atoms with E-state index in [0.717, 1.165) is 0 Å². The van der Waals surface area contributed by atoms with Gasteiger partial charge in [-0.25, -0.2) is 0 Å². The summed E-state index contributed by atoms with van der Waals surface area (Å²) in [4.78, 5) is 35.2. The minimum atomic E-state index is -0.947. The maximum atomic E-state index is 11.8. The monoisotopic (exact) mass is 242 g/mol. The first-order chi connectivity index (χ1) is 7.90. The summed E-state index contributed by atoms with van der Waals surface area (Å²) in [5.74, 6) is -1.53. The lowest BCUT2D eigenvalue weighted by Crippen LogP contribution is -2.44. The van der Waals surface area contributed by atoms with Gasteiger partial charge in [0.15, 0.2) is 0 Å². The number of nitrogens with one attached hydrogen (secondary N) is 1. The molecule has 2 amide bonds. The van der Waals surface area contributed by atoms with Gasteiger partial charge in [0.05, 0.1) is 6.42 Å². The molecule has 2 unspecified atom stereocenters. The number of piperidine rings is 1. The van der Waals surface area contributed by atoms with Crippen LogP contribution in [0.2, 0.25) is 0 Å². The number of hydrogen-bond donors (Lipinski definition) is 2. The third-order valence-corrected chi connectivity index (χ3v) is 2.90. The van der Waals surface area contributed by atoms with Crippen LogP contribution in [0, 0.1) is 5.92 Å². The van der Waals surface area contributed by atoms with Crippen molar-refractivity contribution in [3.05, 3.63) is 0 Å². The van der Waals surface area contributed by atoms with Gasteiger partial charge in [-0.3, -0.25) is 14.4 Å². The summed E-state index contributed by atoms with van der Waals surface area (Å²) in [5, 5.41) is 11.2. The molecule has 17 heavy (non-hydrogen) atoms. The van der Waals surface area contributed by atoms with Crippen LogP contribution in [-0.4, -0.2) is 47.4 Å². The SMILES string of the molecule is CC(CC(=O)O)NC(=O)C1CCN(C)C(=O)C1. The first kappa shape index (κ1) is 13.5. The van der Waals surface area contributed by atoms with Crippen molar-refractivity contribution < 1.29 is 19.5 Å². The zero-order valence-electron chi connectivity index (χ0n) is 10.1. The van der Waals surface area contributed by atoms with Gasteiger partial charge in [-0.15, -0.1) is 0 Å². The minimum absolute atomic E-state index is 0.0395. The number of carbonyl (C=O) groups excluding carboxylic acids is 2. The molecule has 1 fully saturated rings. The van der Waals surface area contributed by atoms with E-state index >= 15 is 0 Å². The standard InChI is InChI=1S/C11H18N2O4/c1-7(5-10(15)16)12-11(17)8-3-4-13(2)9(14)6-8/h7-8H,3-6H2,1-2H3,(H,12,17)(H,15,16). The number of likely N-dealkylation sites (tertiary alicyclic amines) is 1. The molecule has 0 radical (unpaired) electrons. The van der Waals surface area contributed by atoms with Crippen molar-refractivity contribution in [2.75, 3.05) is 13.6 Å². The summed E-state index contributed by atoms with van der Waals surface area (Å²) in [6.45, 7) is 2.22. The van der Waals surface area contributed by atoms with Gasteiger partial charge in [0.25, 0.3) is 0 Å². The van der Waals surface area contributed by atoms with Crippen LogP contribution in [0.4, 0.5) is 0 Å².